The molecule has 0 radical (unpaired) electrons. The summed E-state index contributed by atoms with van der Waals surface area (Å²) in [5.41, 5.74) is 0.759. The number of nitrogens with one attached hydrogen (secondary N) is 1. The van der Waals surface area contributed by atoms with Gasteiger partial charge in [0.1, 0.15) is 12.4 Å². The second kappa shape index (κ2) is 6.81. The molecular formula is C17H19FN2O3. The van der Waals surface area contributed by atoms with Crippen LogP contribution in [0.5, 0.6) is 5.75 Å². The minimum Gasteiger partial charge on any atom is -0.486 e. The van der Waals surface area contributed by atoms with Crippen molar-refractivity contribution in [1.29, 1.82) is 0 Å². The van der Waals surface area contributed by atoms with Crippen LogP contribution in [0, 0.1) is 12.7 Å². The van der Waals surface area contributed by atoms with E-state index in [4.69, 9.17) is 9.26 Å². The molecule has 0 atom stereocenters. The van der Waals surface area contributed by atoms with E-state index in [0.29, 0.717) is 11.3 Å². The van der Waals surface area contributed by atoms with Crippen LogP contribution < -0.4 is 10.1 Å². The van der Waals surface area contributed by atoms with Gasteiger partial charge in [0.05, 0.1) is 5.56 Å². The predicted octanol–water partition coefficient (Wildman–Crippen LogP) is 3.37. The van der Waals surface area contributed by atoms with Gasteiger partial charge in [-0.25, -0.2) is 4.39 Å². The Balaban J connectivity index is 1.71. The molecule has 1 heterocycles. The molecule has 1 amide bonds. The summed E-state index contributed by atoms with van der Waals surface area (Å²) in [6, 6.07) is 6.33. The maximum atomic E-state index is 13.6. The van der Waals surface area contributed by atoms with Crippen LogP contribution in [-0.4, -0.2) is 17.1 Å². The van der Waals surface area contributed by atoms with Gasteiger partial charge in [-0.15, -0.1) is 0 Å². The van der Waals surface area contributed by atoms with Crippen LogP contribution in [0.3, 0.4) is 0 Å². The Kier molecular flexibility index (Phi) is 4.60. The van der Waals surface area contributed by atoms with Crippen molar-refractivity contribution in [2.24, 2.45) is 0 Å². The molecular weight excluding hydrogens is 299 g/mol. The first-order chi connectivity index (χ1) is 11.1. The molecule has 0 saturated heterocycles. The SMILES string of the molecule is Cc1onc(C(=O)NC2CCCC2)c1COc1ccccc1F. The number of hydrogen-bond acceptors (Lipinski definition) is 4. The van der Waals surface area contributed by atoms with Crippen molar-refractivity contribution in [3.05, 3.63) is 47.1 Å². The van der Waals surface area contributed by atoms with Gasteiger partial charge in [0.15, 0.2) is 17.3 Å². The quantitative estimate of drug-likeness (QED) is 0.918. The summed E-state index contributed by atoms with van der Waals surface area (Å²) >= 11 is 0. The van der Waals surface area contributed by atoms with E-state index in [1.165, 1.54) is 12.1 Å². The minimum absolute atomic E-state index is 0.0314. The van der Waals surface area contributed by atoms with E-state index in [-0.39, 0.29) is 30.0 Å². The zero-order valence-electron chi connectivity index (χ0n) is 13.0. The number of aryl methyl sites for hydroxylation is 1. The van der Waals surface area contributed by atoms with Crippen LogP contribution in [0.25, 0.3) is 0 Å². The third-order valence-electron chi connectivity index (χ3n) is 4.10. The fraction of sp³-hybridized carbons (Fsp3) is 0.412. The highest BCUT2D eigenvalue weighted by Crippen LogP contribution is 2.22. The van der Waals surface area contributed by atoms with E-state index in [1.54, 1.807) is 19.1 Å². The second-order valence-electron chi connectivity index (χ2n) is 5.74. The van der Waals surface area contributed by atoms with Gasteiger partial charge in [-0.05, 0) is 31.9 Å². The number of hydrogen-bond donors (Lipinski definition) is 1. The van der Waals surface area contributed by atoms with Crippen LogP contribution in [0.1, 0.15) is 47.5 Å². The Morgan fingerprint density at radius 2 is 2.13 bits per heavy atom. The molecule has 0 aliphatic heterocycles. The van der Waals surface area contributed by atoms with Gasteiger partial charge in [0, 0.05) is 6.04 Å². The molecule has 1 N–H and O–H groups in total. The average molecular weight is 318 g/mol. The molecule has 1 aliphatic rings. The standard InChI is InChI=1S/C17H19FN2O3/c1-11-13(10-22-15-9-5-4-8-14(15)18)16(20-23-11)17(21)19-12-6-2-3-7-12/h4-5,8-9,12H,2-3,6-7,10H2,1H3,(H,19,21). The molecule has 3 rings (SSSR count). The predicted molar refractivity (Wildman–Crippen MR) is 81.7 cm³/mol. The Morgan fingerprint density at radius 1 is 1.39 bits per heavy atom. The highest BCUT2D eigenvalue weighted by atomic mass is 19.1. The number of benzene rings is 1. The topological polar surface area (TPSA) is 64.4 Å². The van der Waals surface area contributed by atoms with Crippen molar-refractivity contribution in [2.75, 3.05) is 0 Å². The fourth-order valence-corrected chi connectivity index (χ4v) is 2.78. The maximum Gasteiger partial charge on any atom is 0.274 e. The van der Waals surface area contributed by atoms with E-state index in [1.807, 2.05) is 0 Å². The van der Waals surface area contributed by atoms with Gasteiger partial charge in [0.25, 0.3) is 5.91 Å². The molecule has 6 heteroatoms. The summed E-state index contributed by atoms with van der Waals surface area (Å²) < 4.78 is 24.2. The maximum absolute atomic E-state index is 13.6. The molecule has 1 fully saturated rings. The van der Waals surface area contributed by atoms with Crippen LogP contribution in [0.15, 0.2) is 28.8 Å². The fourth-order valence-electron chi connectivity index (χ4n) is 2.78. The summed E-state index contributed by atoms with van der Waals surface area (Å²) in [6.07, 6.45) is 4.24. The molecule has 122 valence electrons. The third kappa shape index (κ3) is 3.52. The Labute approximate surface area is 133 Å². The van der Waals surface area contributed by atoms with E-state index in [0.717, 1.165) is 25.7 Å². The van der Waals surface area contributed by atoms with Crippen LogP contribution in [0.2, 0.25) is 0 Å². The molecule has 0 bridgehead atoms. The van der Waals surface area contributed by atoms with Crippen molar-refractivity contribution in [1.82, 2.24) is 10.5 Å². The summed E-state index contributed by atoms with van der Waals surface area (Å²) in [4.78, 5) is 12.3. The van der Waals surface area contributed by atoms with Crippen molar-refractivity contribution in [3.8, 4) is 5.75 Å². The number of ether oxygens (including phenoxy) is 1. The number of rotatable bonds is 5. The lowest BCUT2D eigenvalue weighted by molar-refractivity contribution is 0.0926. The normalized spacial score (nSPS) is 14.9. The highest BCUT2D eigenvalue weighted by Gasteiger charge is 2.24. The van der Waals surface area contributed by atoms with Gasteiger partial charge in [-0.2, -0.15) is 0 Å². The summed E-state index contributed by atoms with van der Waals surface area (Å²) in [5.74, 6) is -0.0763. The van der Waals surface area contributed by atoms with Gasteiger partial charge in [-0.1, -0.05) is 30.1 Å². The van der Waals surface area contributed by atoms with Gasteiger partial charge in [-0.3, -0.25) is 4.79 Å². The van der Waals surface area contributed by atoms with Crippen molar-refractivity contribution in [3.63, 3.8) is 0 Å². The number of aromatic nitrogens is 1. The molecule has 0 unspecified atom stereocenters. The molecule has 1 aromatic carbocycles. The van der Waals surface area contributed by atoms with Crippen molar-refractivity contribution >= 4 is 5.91 Å². The molecule has 2 aromatic rings. The summed E-state index contributed by atoms with van der Waals surface area (Å²) in [5, 5.41) is 6.80. The minimum atomic E-state index is -0.446. The van der Waals surface area contributed by atoms with Crippen LogP contribution in [-0.2, 0) is 6.61 Å². The van der Waals surface area contributed by atoms with Gasteiger partial charge in [0.2, 0.25) is 0 Å². The number of amides is 1. The molecule has 5 nitrogen and oxygen atoms in total. The van der Waals surface area contributed by atoms with E-state index >= 15 is 0 Å². The molecule has 1 saturated carbocycles. The smallest absolute Gasteiger partial charge is 0.274 e. The summed E-state index contributed by atoms with van der Waals surface area (Å²) in [6.45, 7) is 1.74. The Morgan fingerprint density at radius 3 is 2.87 bits per heavy atom. The zero-order chi connectivity index (χ0) is 16.2. The molecule has 0 spiro atoms. The zero-order valence-corrected chi connectivity index (χ0v) is 13.0. The third-order valence-corrected chi connectivity index (χ3v) is 4.10. The highest BCUT2D eigenvalue weighted by molar-refractivity contribution is 5.94. The lowest BCUT2D eigenvalue weighted by Crippen LogP contribution is -2.33. The second-order valence-corrected chi connectivity index (χ2v) is 5.74. The average Bonchev–Trinajstić information content (AvgIpc) is 3.16. The molecule has 1 aromatic heterocycles. The van der Waals surface area contributed by atoms with Crippen LogP contribution >= 0.6 is 0 Å². The monoisotopic (exact) mass is 318 g/mol. The first-order valence-electron chi connectivity index (χ1n) is 7.78. The van der Waals surface area contributed by atoms with E-state index < -0.39 is 5.82 Å². The first-order valence-corrected chi connectivity index (χ1v) is 7.78. The van der Waals surface area contributed by atoms with Gasteiger partial charge >= 0.3 is 0 Å². The van der Waals surface area contributed by atoms with Crippen molar-refractivity contribution < 1.29 is 18.4 Å². The largest absolute Gasteiger partial charge is 0.486 e. The number of nitrogens with zero attached hydrogens (tertiary/aromatic N) is 1. The van der Waals surface area contributed by atoms with E-state index in [2.05, 4.69) is 10.5 Å². The van der Waals surface area contributed by atoms with Crippen LogP contribution in [0.4, 0.5) is 4.39 Å². The molecule has 23 heavy (non-hydrogen) atoms. The first kappa shape index (κ1) is 15.5. The number of para-hydroxylation sites is 1. The summed E-state index contributed by atoms with van der Waals surface area (Å²) in [7, 11) is 0. The van der Waals surface area contributed by atoms with E-state index in [9.17, 15) is 9.18 Å². The number of halogens is 1. The number of carbonyl (C=O) groups is 1. The lowest BCUT2D eigenvalue weighted by Gasteiger charge is -2.11. The molecule has 1 aliphatic carbocycles. The van der Waals surface area contributed by atoms with Gasteiger partial charge < -0.3 is 14.6 Å². The Hall–Kier alpha value is -2.37. The number of carbonyl (C=O) groups excluding carboxylic acids is 1. The Bertz CT molecular complexity index is 693. The van der Waals surface area contributed by atoms with Crippen molar-refractivity contribution in [2.45, 2.75) is 45.3 Å². The lowest BCUT2D eigenvalue weighted by atomic mass is 10.1.